The van der Waals surface area contributed by atoms with Crippen molar-refractivity contribution in [2.45, 2.75) is 52.9 Å². The molecule has 3 N–H and O–H groups in total. The van der Waals surface area contributed by atoms with Crippen LogP contribution < -0.4 is 5.48 Å². The van der Waals surface area contributed by atoms with Crippen LogP contribution in [0.1, 0.15) is 52.9 Å². The van der Waals surface area contributed by atoms with Crippen LogP contribution in [0, 0.1) is 10.8 Å². The van der Waals surface area contributed by atoms with Crippen molar-refractivity contribution in [1.29, 1.82) is 5.41 Å². The van der Waals surface area contributed by atoms with Gasteiger partial charge in [0.15, 0.2) is 0 Å². The summed E-state index contributed by atoms with van der Waals surface area (Å²) < 4.78 is 0. The van der Waals surface area contributed by atoms with Gasteiger partial charge in [-0.3, -0.25) is 16.1 Å². The minimum absolute atomic E-state index is 0.212. The molecule has 0 radical (unpaired) electrons. The quantitative estimate of drug-likeness (QED) is 0.258. The van der Waals surface area contributed by atoms with Crippen LogP contribution in [0.15, 0.2) is 0 Å². The zero-order valence-corrected chi connectivity index (χ0v) is 8.98. The molecule has 0 saturated heterocycles. The SMILES string of the molecule is CCCCCCC(C)(C)C(=N)NO. The molecule has 0 unspecified atom stereocenters. The number of nitrogens with one attached hydrogen (secondary N) is 2. The molecule has 78 valence electrons. The van der Waals surface area contributed by atoms with Gasteiger partial charge in [0, 0.05) is 5.41 Å². The topological polar surface area (TPSA) is 56.1 Å². The summed E-state index contributed by atoms with van der Waals surface area (Å²) in [6.07, 6.45) is 5.80. The van der Waals surface area contributed by atoms with Crippen molar-refractivity contribution in [3.63, 3.8) is 0 Å². The molecule has 0 bridgehead atoms. The molecule has 0 heterocycles. The average Bonchev–Trinajstić information content (AvgIpc) is 2.11. The predicted octanol–water partition coefficient (Wildman–Crippen LogP) is 2.94. The molecule has 0 atom stereocenters. The number of rotatable bonds is 6. The fourth-order valence-electron chi connectivity index (χ4n) is 1.27. The van der Waals surface area contributed by atoms with Gasteiger partial charge >= 0.3 is 0 Å². The van der Waals surface area contributed by atoms with E-state index in [1.165, 1.54) is 19.3 Å². The lowest BCUT2D eigenvalue weighted by molar-refractivity contribution is 0.215. The highest BCUT2D eigenvalue weighted by atomic mass is 16.5. The first-order chi connectivity index (χ1) is 6.04. The van der Waals surface area contributed by atoms with Crippen molar-refractivity contribution < 1.29 is 5.21 Å². The maximum Gasteiger partial charge on any atom is 0.123 e. The van der Waals surface area contributed by atoms with E-state index < -0.39 is 0 Å². The second-order valence-electron chi connectivity index (χ2n) is 4.18. The van der Waals surface area contributed by atoms with Crippen molar-refractivity contribution in [2.24, 2.45) is 5.41 Å². The van der Waals surface area contributed by atoms with Gasteiger partial charge in [-0.15, -0.1) is 0 Å². The Kier molecular flexibility index (Phi) is 5.71. The van der Waals surface area contributed by atoms with Gasteiger partial charge in [0.2, 0.25) is 0 Å². The molecule has 0 aliphatic rings. The molecule has 0 spiro atoms. The number of unbranched alkanes of at least 4 members (excludes halogenated alkanes) is 3. The number of hydrogen-bond acceptors (Lipinski definition) is 2. The molecule has 3 nitrogen and oxygen atoms in total. The van der Waals surface area contributed by atoms with E-state index in [2.05, 4.69) is 6.92 Å². The van der Waals surface area contributed by atoms with Gasteiger partial charge in [-0.25, -0.2) is 0 Å². The second-order valence-corrected chi connectivity index (χ2v) is 4.18. The molecule has 0 aromatic carbocycles. The van der Waals surface area contributed by atoms with Crippen molar-refractivity contribution in [3.05, 3.63) is 0 Å². The third-order valence-electron chi connectivity index (χ3n) is 2.44. The summed E-state index contributed by atoms with van der Waals surface area (Å²) in [7, 11) is 0. The fourth-order valence-corrected chi connectivity index (χ4v) is 1.27. The maximum absolute atomic E-state index is 8.60. The molecule has 3 heteroatoms. The monoisotopic (exact) mass is 186 g/mol. The van der Waals surface area contributed by atoms with Crippen LogP contribution in [0.25, 0.3) is 0 Å². The molecule has 0 amide bonds. The summed E-state index contributed by atoms with van der Waals surface area (Å²) >= 11 is 0. The highest BCUT2D eigenvalue weighted by Gasteiger charge is 2.22. The lowest BCUT2D eigenvalue weighted by Crippen LogP contribution is -2.34. The third kappa shape index (κ3) is 4.88. The van der Waals surface area contributed by atoms with E-state index in [1.54, 1.807) is 0 Å². The van der Waals surface area contributed by atoms with E-state index in [9.17, 15) is 0 Å². The second kappa shape index (κ2) is 5.97. The van der Waals surface area contributed by atoms with Crippen molar-refractivity contribution in [3.8, 4) is 0 Å². The van der Waals surface area contributed by atoms with Gasteiger partial charge in [-0.2, -0.15) is 0 Å². The minimum atomic E-state index is -0.220. The highest BCUT2D eigenvalue weighted by Crippen LogP contribution is 2.23. The van der Waals surface area contributed by atoms with Crippen LogP contribution in [0.5, 0.6) is 0 Å². The normalized spacial score (nSPS) is 11.4. The molecular weight excluding hydrogens is 164 g/mol. The summed E-state index contributed by atoms with van der Waals surface area (Å²) in [5.74, 6) is 0.212. The van der Waals surface area contributed by atoms with Gasteiger partial charge < -0.3 is 0 Å². The van der Waals surface area contributed by atoms with E-state index in [4.69, 9.17) is 10.6 Å². The van der Waals surface area contributed by atoms with Crippen molar-refractivity contribution in [1.82, 2.24) is 5.48 Å². The van der Waals surface area contributed by atoms with Crippen molar-refractivity contribution >= 4 is 5.84 Å². The summed E-state index contributed by atoms with van der Waals surface area (Å²) in [6, 6.07) is 0. The summed E-state index contributed by atoms with van der Waals surface area (Å²) in [6.45, 7) is 6.14. The molecule has 0 fully saturated rings. The standard InChI is InChI=1S/C10H22N2O/c1-4-5-6-7-8-10(2,3)9(11)12-13/h13H,4-8H2,1-3H3,(H2,11,12). The Morgan fingerprint density at radius 3 is 2.38 bits per heavy atom. The Balaban J connectivity index is 3.69. The summed E-state index contributed by atoms with van der Waals surface area (Å²) in [4.78, 5) is 0. The molecule has 0 aliphatic heterocycles. The zero-order valence-electron chi connectivity index (χ0n) is 8.98. The Hall–Kier alpha value is -0.570. The molecule has 13 heavy (non-hydrogen) atoms. The predicted molar refractivity (Wildman–Crippen MR) is 55.2 cm³/mol. The first-order valence-electron chi connectivity index (χ1n) is 5.03. The lowest BCUT2D eigenvalue weighted by atomic mass is 9.85. The Morgan fingerprint density at radius 2 is 1.92 bits per heavy atom. The molecule has 0 aromatic heterocycles. The number of hydrogen-bond donors (Lipinski definition) is 3. The summed E-state index contributed by atoms with van der Waals surface area (Å²) in [5.41, 5.74) is 1.71. The van der Waals surface area contributed by atoms with Crippen LogP contribution in [0.3, 0.4) is 0 Å². The van der Waals surface area contributed by atoms with Crippen molar-refractivity contribution in [2.75, 3.05) is 0 Å². The maximum atomic E-state index is 8.60. The van der Waals surface area contributed by atoms with E-state index in [1.807, 2.05) is 19.3 Å². The van der Waals surface area contributed by atoms with Crippen LogP contribution in [0.4, 0.5) is 0 Å². The molecule has 0 aromatic rings. The van der Waals surface area contributed by atoms with Gasteiger partial charge in [0.05, 0.1) is 0 Å². The van der Waals surface area contributed by atoms with E-state index in [-0.39, 0.29) is 11.3 Å². The Labute approximate surface area is 81.0 Å². The number of hydroxylamine groups is 1. The highest BCUT2D eigenvalue weighted by molar-refractivity contribution is 5.83. The van der Waals surface area contributed by atoms with Gasteiger partial charge in [0.25, 0.3) is 0 Å². The molecule has 0 aliphatic carbocycles. The van der Waals surface area contributed by atoms with Crippen LogP contribution in [-0.4, -0.2) is 11.0 Å². The van der Waals surface area contributed by atoms with Gasteiger partial charge in [-0.05, 0) is 6.42 Å². The molecule has 0 saturated carbocycles. The summed E-state index contributed by atoms with van der Waals surface area (Å²) in [5, 5.41) is 16.1. The third-order valence-corrected chi connectivity index (χ3v) is 2.44. The van der Waals surface area contributed by atoms with E-state index in [0.29, 0.717) is 0 Å². The first kappa shape index (κ1) is 12.4. The average molecular weight is 186 g/mol. The fraction of sp³-hybridized carbons (Fsp3) is 0.900. The largest absolute Gasteiger partial charge is 0.290 e. The first-order valence-corrected chi connectivity index (χ1v) is 5.03. The lowest BCUT2D eigenvalue weighted by Gasteiger charge is -2.24. The van der Waals surface area contributed by atoms with E-state index in [0.717, 1.165) is 12.8 Å². The zero-order chi connectivity index (χ0) is 10.3. The minimum Gasteiger partial charge on any atom is -0.290 e. The van der Waals surface area contributed by atoms with Gasteiger partial charge in [-0.1, -0.05) is 46.5 Å². The van der Waals surface area contributed by atoms with Crippen LogP contribution in [-0.2, 0) is 0 Å². The Morgan fingerprint density at radius 1 is 1.31 bits per heavy atom. The number of amidine groups is 1. The molecule has 0 rings (SSSR count). The van der Waals surface area contributed by atoms with E-state index >= 15 is 0 Å². The van der Waals surface area contributed by atoms with Gasteiger partial charge in [0.1, 0.15) is 5.84 Å². The van der Waals surface area contributed by atoms with Crippen LogP contribution in [0.2, 0.25) is 0 Å². The smallest absolute Gasteiger partial charge is 0.123 e. The molecular formula is C10H22N2O. The Bertz CT molecular complexity index is 155. The van der Waals surface area contributed by atoms with Crippen LogP contribution >= 0.6 is 0 Å².